The van der Waals surface area contributed by atoms with Crippen LogP contribution in [0.1, 0.15) is 29.8 Å². The van der Waals surface area contributed by atoms with Crippen molar-refractivity contribution < 1.29 is 23.9 Å². The standard InChI is InChI=1S/C28H26ClN3O5/c1-16(2)37-23-8-6-5-7-21(23)31-26(33)18-10-9-17(3)22(15-18)30-25-24(29)27(34)32(28(25)35)19-11-13-20(36-4)14-12-19/h5-16,30H,1-4H3,(H,31,33). The van der Waals surface area contributed by atoms with Crippen LogP contribution in [0.15, 0.2) is 77.5 Å². The van der Waals surface area contributed by atoms with Crippen LogP contribution < -0.4 is 25.0 Å². The van der Waals surface area contributed by atoms with Crippen molar-refractivity contribution in [1.29, 1.82) is 0 Å². The number of anilines is 3. The summed E-state index contributed by atoms with van der Waals surface area (Å²) in [5.41, 5.74) is 2.38. The van der Waals surface area contributed by atoms with Crippen molar-refractivity contribution in [2.45, 2.75) is 26.9 Å². The smallest absolute Gasteiger partial charge is 0.283 e. The van der Waals surface area contributed by atoms with Gasteiger partial charge in [-0.05, 0) is 74.9 Å². The van der Waals surface area contributed by atoms with E-state index in [9.17, 15) is 14.4 Å². The second-order valence-electron chi connectivity index (χ2n) is 8.60. The predicted molar refractivity (Wildman–Crippen MR) is 143 cm³/mol. The summed E-state index contributed by atoms with van der Waals surface area (Å²) < 4.78 is 10.9. The second-order valence-corrected chi connectivity index (χ2v) is 8.98. The number of carbonyl (C=O) groups is 3. The molecule has 1 aliphatic heterocycles. The number of nitrogens with one attached hydrogen (secondary N) is 2. The molecule has 1 heterocycles. The van der Waals surface area contributed by atoms with Gasteiger partial charge in [0, 0.05) is 11.3 Å². The van der Waals surface area contributed by atoms with Crippen LogP contribution in [0.4, 0.5) is 17.1 Å². The Morgan fingerprint density at radius 3 is 2.32 bits per heavy atom. The number of para-hydroxylation sites is 2. The molecule has 0 aromatic heterocycles. The van der Waals surface area contributed by atoms with Crippen molar-refractivity contribution >= 4 is 46.4 Å². The van der Waals surface area contributed by atoms with Gasteiger partial charge in [-0.15, -0.1) is 0 Å². The van der Waals surface area contributed by atoms with Crippen LogP contribution in [-0.4, -0.2) is 30.9 Å². The van der Waals surface area contributed by atoms with Crippen molar-refractivity contribution in [3.05, 3.63) is 88.6 Å². The molecule has 0 atom stereocenters. The molecule has 0 unspecified atom stereocenters. The number of hydrogen-bond acceptors (Lipinski definition) is 6. The van der Waals surface area contributed by atoms with Gasteiger partial charge < -0.3 is 20.1 Å². The van der Waals surface area contributed by atoms with E-state index < -0.39 is 11.8 Å². The highest BCUT2D eigenvalue weighted by molar-refractivity contribution is 6.53. The molecule has 0 aliphatic carbocycles. The van der Waals surface area contributed by atoms with Gasteiger partial charge in [-0.2, -0.15) is 0 Å². The number of amides is 3. The molecule has 3 aromatic rings. The van der Waals surface area contributed by atoms with E-state index in [0.29, 0.717) is 34.1 Å². The SMILES string of the molecule is COc1ccc(N2C(=O)C(Cl)=C(Nc3cc(C(=O)Nc4ccccc4OC(C)C)ccc3C)C2=O)cc1. The number of imide groups is 1. The molecule has 0 spiro atoms. The lowest BCUT2D eigenvalue weighted by Gasteiger charge is -2.17. The van der Waals surface area contributed by atoms with Crippen LogP contribution in [0, 0.1) is 6.92 Å². The van der Waals surface area contributed by atoms with Crippen molar-refractivity contribution in [3.8, 4) is 11.5 Å². The molecule has 0 radical (unpaired) electrons. The summed E-state index contributed by atoms with van der Waals surface area (Å²) in [6.07, 6.45) is -0.0598. The molecule has 0 saturated carbocycles. The van der Waals surface area contributed by atoms with Gasteiger partial charge in [0.05, 0.1) is 24.6 Å². The molecule has 37 heavy (non-hydrogen) atoms. The first-order valence-electron chi connectivity index (χ1n) is 11.6. The summed E-state index contributed by atoms with van der Waals surface area (Å²) >= 11 is 6.28. The molecule has 0 bridgehead atoms. The number of nitrogens with zero attached hydrogens (tertiary/aromatic N) is 1. The Morgan fingerprint density at radius 1 is 0.946 bits per heavy atom. The molecule has 190 valence electrons. The molecule has 3 amide bonds. The molecule has 0 fully saturated rings. The van der Waals surface area contributed by atoms with Crippen LogP contribution in [0.25, 0.3) is 0 Å². The summed E-state index contributed by atoms with van der Waals surface area (Å²) in [6.45, 7) is 5.62. The molecule has 4 rings (SSSR count). The molecular formula is C28H26ClN3O5. The fourth-order valence-electron chi connectivity index (χ4n) is 3.73. The van der Waals surface area contributed by atoms with Crippen LogP contribution in [0.3, 0.4) is 0 Å². The van der Waals surface area contributed by atoms with Crippen molar-refractivity contribution in [2.24, 2.45) is 0 Å². The fourth-order valence-corrected chi connectivity index (χ4v) is 3.94. The fraction of sp³-hybridized carbons (Fsp3) is 0.179. The van der Waals surface area contributed by atoms with Gasteiger partial charge in [-0.1, -0.05) is 29.8 Å². The zero-order valence-electron chi connectivity index (χ0n) is 20.8. The number of hydrogen-bond donors (Lipinski definition) is 2. The van der Waals surface area contributed by atoms with Crippen LogP contribution in [-0.2, 0) is 9.59 Å². The van der Waals surface area contributed by atoms with Gasteiger partial charge in [0.2, 0.25) is 0 Å². The normalized spacial score (nSPS) is 13.3. The average molecular weight is 520 g/mol. The molecule has 2 N–H and O–H groups in total. The van der Waals surface area contributed by atoms with E-state index in [-0.39, 0.29) is 22.7 Å². The van der Waals surface area contributed by atoms with Gasteiger partial charge >= 0.3 is 0 Å². The minimum absolute atomic E-state index is 0.0598. The maximum absolute atomic E-state index is 13.2. The van der Waals surface area contributed by atoms with Crippen molar-refractivity contribution in [1.82, 2.24) is 0 Å². The molecule has 3 aromatic carbocycles. The van der Waals surface area contributed by atoms with E-state index in [1.807, 2.05) is 26.8 Å². The number of aryl methyl sites for hydroxylation is 1. The van der Waals surface area contributed by atoms with E-state index in [4.69, 9.17) is 21.1 Å². The monoisotopic (exact) mass is 519 g/mol. The minimum Gasteiger partial charge on any atom is -0.497 e. The Balaban J connectivity index is 1.56. The molecule has 0 saturated heterocycles. The Bertz CT molecular complexity index is 1400. The van der Waals surface area contributed by atoms with Crippen molar-refractivity contribution in [3.63, 3.8) is 0 Å². The number of carbonyl (C=O) groups excluding carboxylic acids is 3. The Kier molecular flexibility index (Phi) is 7.50. The maximum atomic E-state index is 13.2. The summed E-state index contributed by atoms with van der Waals surface area (Å²) in [5.74, 6) is -0.468. The Hall–Kier alpha value is -4.30. The number of halogens is 1. The van der Waals surface area contributed by atoms with E-state index in [0.717, 1.165) is 10.5 Å². The van der Waals surface area contributed by atoms with E-state index in [2.05, 4.69) is 10.6 Å². The average Bonchev–Trinajstić information content (AvgIpc) is 3.09. The third kappa shape index (κ3) is 5.44. The lowest BCUT2D eigenvalue weighted by atomic mass is 10.1. The zero-order chi connectivity index (χ0) is 26.7. The topological polar surface area (TPSA) is 97.0 Å². The molecule has 9 heteroatoms. The number of ether oxygens (including phenoxy) is 2. The maximum Gasteiger partial charge on any atom is 0.283 e. The van der Waals surface area contributed by atoms with Gasteiger partial charge in [0.15, 0.2) is 0 Å². The third-order valence-corrected chi connectivity index (χ3v) is 5.97. The third-order valence-electron chi connectivity index (χ3n) is 5.62. The lowest BCUT2D eigenvalue weighted by molar-refractivity contribution is -0.120. The predicted octanol–water partition coefficient (Wildman–Crippen LogP) is 5.48. The summed E-state index contributed by atoms with van der Waals surface area (Å²) in [7, 11) is 1.52. The minimum atomic E-state index is -0.646. The summed E-state index contributed by atoms with van der Waals surface area (Å²) in [5, 5.41) is 5.59. The summed E-state index contributed by atoms with van der Waals surface area (Å²) in [4.78, 5) is 40.0. The highest BCUT2D eigenvalue weighted by atomic mass is 35.5. The zero-order valence-corrected chi connectivity index (χ0v) is 21.6. The second kappa shape index (κ2) is 10.8. The quantitative estimate of drug-likeness (QED) is 0.383. The Labute approximate surface area is 219 Å². The van der Waals surface area contributed by atoms with Gasteiger partial charge in [-0.25, -0.2) is 4.90 Å². The van der Waals surface area contributed by atoms with Crippen molar-refractivity contribution in [2.75, 3.05) is 22.6 Å². The Morgan fingerprint density at radius 2 is 1.65 bits per heavy atom. The lowest BCUT2D eigenvalue weighted by Crippen LogP contribution is -2.32. The molecule has 8 nitrogen and oxygen atoms in total. The first-order valence-corrected chi connectivity index (χ1v) is 11.9. The first kappa shape index (κ1) is 25.8. The van der Waals surface area contributed by atoms with Gasteiger partial charge in [0.1, 0.15) is 22.2 Å². The largest absolute Gasteiger partial charge is 0.497 e. The number of benzene rings is 3. The highest BCUT2D eigenvalue weighted by Gasteiger charge is 2.39. The number of methoxy groups -OCH3 is 1. The number of rotatable bonds is 8. The summed E-state index contributed by atoms with van der Waals surface area (Å²) in [6, 6.07) is 18.7. The van der Waals surface area contributed by atoms with Crippen LogP contribution in [0.2, 0.25) is 0 Å². The van der Waals surface area contributed by atoms with E-state index in [1.165, 1.54) is 7.11 Å². The highest BCUT2D eigenvalue weighted by Crippen LogP contribution is 2.32. The van der Waals surface area contributed by atoms with Gasteiger partial charge in [0.25, 0.3) is 17.7 Å². The van der Waals surface area contributed by atoms with E-state index in [1.54, 1.807) is 60.7 Å². The van der Waals surface area contributed by atoms with Gasteiger partial charge in [-0.3, -0.25) is 14.4 Å². The van der Waals surface area contributed by atoms with Crippen LogP contribution in [0.5, 0.6) is 11.5 Å². The van der Waals surface area contributed by atoms with Crippen LogP contribution >= 0.6 is 11.6 Å². The molecule has 1 aliphatic rings. The first-order chi connectivity index (χ1) is 17.7. The molecular weight excluding hydrogens is 494 g/mol. The van der Waals surface area contributed by atoms with E-state index >= 15 is 0 Å².